The average molecular weight is 531 g/mol. The van der Waals surface area contributed by atoms with Gasteiger partial charge in [0.05, 0.1) is 22.3 Å². The molecule has 3 aliphatic carbocycles. The van der Waals surface area contributed by atoms with E-state index >= 15 is 0 Å². The summed E-state index contributed by atoms with van der Waals surface area (Å²) in [6.07, 6.45) is 0.0336. The van der Waals surface area contributed by atoms with Crippen LogP contribution in [-0.4, -0.2) is 38.8 Å². The maximum atomic E-state index is 13.5. The molecule has 0 heterocycles. The highest BCUT2D eigenvalue weighted by molar-refractivity contribution is 7.92. The van der Waals surface area contributed by atoms with Crippen molar-refractivity contribution >= 4 is 39.1 Å². The fraction of sp³-hybridized carbons (Fsp3) is 0.391. The van der Waals surface area contributed by atoms with Gasteiger partial charge in [0.1, 0.15) is 0 Å². The van der Waals surface area contributed by atoms with Crippen LogP contribution in [0, 0.1) is 35.2 Å². The Morgan fingerprint density at radius 1 is 1.06 bits per heavy atom. The highest BCUT2D eigenvalue weighted by Crippen LogP contribution is 2.53. The number of carbonyl (C=O) groups excluding carboxylic acids is 2. The van der Waals surface area contributed by atoms with Gasteiger partial charge >= 0.3 is 6.09 Å². The van der Waals surface area contributed by atoms with Crippen molar-refractivity contribution < 1.29 is 35.9 Å². The summed E-state index contributed by atoms with van der Waals surface area (Å²) in [5.41, 5.74) is -0.450. The summed E-state index contributed by atoms with van der Waals surface area (Å²) in [5, 5.41) is 4.15. The molecule has 0 spiro atoms. The molecule has 2 aromatic rings. The number of fused-ring (bicyclic) bond motifs is 2. The predicted molar refractivity (Wildman–Crippen MR) is 121 cm³/mol. The number of ether oxygens (including phenoxy) is 1. The number of carbonyl (C=O) groups is 2. The van der Waals surface area contributed by atoms with Gasteiger partial charge in [-0.1, -0.05) is 18.5 Å². The van der Waals surface area contributed by atoms with Gasteiger partial charge in [0, 0.05) is 29.4 Å². The maximum absolute atomic E-state index is 13.5. The molecule has 3 aliphatic rings. The van der Waals surface area contributed by atoms with Crippen LogP contribution in [-0.2, 0) is 14.6 Å². The lowest BCUT2D eigenvalue weighted by molar-refractivity contribution is -0.0202. The van der Waals surface area contributed by atoms with Gasteiger partial charge in [-0.15, -0.1) is 0 Å². The smallest absolute Gasteiger partial charge is 0.407 e. The summed E-state index contributed by atoms with van der Waals surface area (Å²) in [5.74, 6) is -5.37. The fourth-order valence-corrected chi connectivity index (χ4v) is 7.49. The molecular formula is C23H22ClF3N2O5S. The summed E-state index contributed by atoms with van der Waals surface area (Å²) < 4.78 is 71.6. The number of sulfone groups is 1. The van der Waals surface area contributed by atoms with Crippen LogP contribution in [0.25, 0.3) is 0 Å². The maximum Gasteiger partial charge on any atom is 0.407 e. The Kier molecular flexibility index (Phi) is 6.76. The molecule has 35 heavy (non-hydrogen) atoms. The molecule has 3 saturated carbocycles. The van der Waals surface area contributed by atoms with E-state index in [0.717, 1.165) is 6.07 Å². The van der Waals surface area contributed by atoms with Crippen LogP contribution in [0.15, 0.2) is 35.2 Å². The van der Waals surface area contributed by atoms with Gasteiger partial charge in [0.25, 0.3) is 5.91 Å². The molecule has 0 radical (unpaired) electrons. The number of hydrogen-bond donors (Lipinski definition) is 2. The molecule has 3 fully saturated rings. The van der Waals surface area contributed by atoms with Crippen LogP contribution >= 0.6 is 11.6 Å². The summed E-state index contributed by atoms with van der Waals surface area (Å²) >= 11 is 6.19. The van der Waals surface area contributed by atoms with Crippen LogP contribution in [0.3, 0.4) is 0 Å². The Bertz CT molecular complexity index is 1270. The predicted octanol–water partition coefficient (Wildman–Crippen LogP) is 4.55. The van der Waals surface area contributed by atoms with Crippen molar-refractivity contribution in [3.8, 4) is 0 Å². The van der Waals surface area contributed by atoms with Crippen molar-refractivity contribution in [1.82, 2.24) is 5.32 Å². The Hall–Kier alpha value is -2.79. The van der Waals surface area contributed by atoms with Gasteiger partial charge in [0.2, 0.25) is 0 Å². The Balaban J connectivity index is 1.55. The molecule has 12 heteroatoms. The number of anilines is 1. The van der Waals surface area contributed by atoms with Crippen molar-refractivity contribution in [2.75, 3.05) is 12.4 Å². The van der Waals surface area contributed by atoms with Gasteiger partial charge in [0.15, 0.2) is 27.3 Å². The molecule has 2 bridgehead atoms. The van der Waals surface area contributed by atoms with Crippen LogP contribution in [0.1, 0.15) is 30.1 Å². The summed E-state index contributed by atoms with van der Waals surface area (Å²) in [4.78, 5) is 24.0. The van der Waals surface area contributed by atoms with E-state index in [4.69, 9.17) is 11.6 Å². The van der Waals surface area contributed by atoms with Gasteiger partial charge in [-0.05, 0) is 48.8 Å². The molecule has 2 N–H and O–H groups in total. The van der Waals surface area contributed by atoms with Crippen LogP contribution < -0.4 is 10.6 Å². The summed E-state index contributed by atoms with van der Waals surface area (Å²) in [6, 6.07) is 4.67. The SMILES string of the molecule is COC(=O)NC1C2CC(S(=O)(=O)c3cc(C(=O)Nc4cc(F)c(F)c(F)c4)ccc3Cl)CC1C2C. The molecule has 7 nitrogen and oxygen atoms in total. The largest absolute Gasteiger partial charge is 0.453 e. The normalized spacial score (nSPS) is 25.4. The lowest BCUT2D eigenvalue weighted by Gasteiger charge is -2.56. The fourth-order valence-electron chi connectivity index (χ4n) is 5.11. The van der Waals surface area contributed by atoms with Crippen molar-refractivity contribution in [3.05, 3.63) is 58.4 Å². The van der Waals surface area contributed by atoms with E-state index in [1.165, 1.54) is 19.2 Å². The number of halogens is 4. The summed E-state index contributed by atoms with van der Waals surface area (Å²) in [6.45, 7) is 2.01. The molecular weight excluding hydrogens is 509 g/mol. The Labute approximate surface area is 204 Å². The molecule has 2 aromatic carbocycles. The van der Waals surface area contributed by atoms with E-state index in [1.54, 1.807) is 0 Å². The number of amides is 2. The molecule has 2 amide bonds. The zero-order valence-electron chi connectivity index (χ0n) is 18.6. The minimum Gasteiger partial charge on any atom is -0.453 e. The molecule has 0 aliphatic heterocycles. The highest BCUT2D eigenvalue weighted by Gasteiger charge is 2.56. The van der Waals surface area contributed by atoms with Crippen molar-refractivity contribution in [1.29, 1.82) is 0 Å². The zero-order chi connectivity index (χ0) is 25.7. The van der Waals surface area contributed by atoms with Crippen LogP contribution in [0.4, 0.5) is 23.7 Å². The first kappa shape index (κ1) is 25.3. The van der Waals surface area contributed by atoms with E-state index in [2.05, 4.69) is 15.4 Å². The van der Waals surface area contributed by atoms with Crippen molar-refractivity contribution in [2.24, 2.45) is 17.8 Å². The molecule has 2 atom stereocenters. The molecule has 5 rings (SSSR count). The zero-order valence-corrected chi connectivity index (χ0v) is 20.2. The number of methoxy groups -OCH3 is 1. The number of hydrogen-bond acceptors (Lipinski definition) is 5. The lowest BCUT2D eigenvalue weighted by atomic mass is 9.54. The quantitative estimate of drug-likeness (QED) is 0.552. The molecule has 2 unspecified atom stereocenters. The van der Waals surface area contributed by atoms with E-state index in [0.29, 0.717) is 25.0 Å². The van der Waals surface area contributed by atoms with E-state index < -0.39 is 44.5 Å². The average Bonchev–Trinajstić information content (AvgIpc) is 2.82. The van der Waals surface area contributed by atoms with Gasteiger partial charge in [-0.3, -0.25) is 4.79 Å². The van der Waals surface area contributed by atoms with E-state index in [1.807, 2.05) is 6.92 Å². The van der Waals surface area contributed by atoms with Crippen molar-refractivity contribution in [2.45, 2.75) is 36.0 Å². The molecule has 0 aromatic heterocycles. The first-order chi connectivity index (χ1) is 16.4. The second-order valence-corrected chi connectivity index (χ2v) is 11.4. The molecule has 0 saturated heterocycles. The van der Waals surface area contributed by atoms with Crippen LogP contribution in [0.5, 0.6) is 0 Å². The monoisotopic (exact) mass is 530 g/mol. The Morgan fingerprint density at radius 2 is 1.66 bits per heavy atom. The van der Waals surface area contributed by atoms with Gasteiger partial charge in [-0.2, -0.15) is 0 Å². The highest BCUT2D eigenvalue weighted by atomic mass is 35.5. The topological polar surface area (TPSA) is 102 Å². The second kappa shape index (κ2) is 9.34. The Morgan fingerprint density at radius 3 is 2.23 bits per heavy atom. The second-order valence-electron chi connectivity index (χ2n) is 8.84. The van der Waals surface area contributed by atoms with Crippen molar-refractivity contribution in [3.63, 3.8) is 0 Å². The standard InChI is InChI=1S/C23H22ClF3N2O5S/c1-10-14-8-13(9-15(10)21(14)29-23(31)34-2)35(32,33)19-5-11(3-4-16(19)24)22(30)28-12-6-17(25)20(27)18(26)7-12/h3-7,10,13-15,21H,8-9H2,1-2H3,(H,28,30)(H,29,31). The first-order valence-electron chi connectivity index (χ1n) is 10.8. The number of benzene rings is 2. The number of nitrogens with one attached hydrogen (secondary N) is 2. The van der Waals surface area contributed by atoms with E-state index in [-0.39, 0.29) is 45.0 Å². The van der Waals surface area contributed by atoms with Gasteiger partial charge in [-0.25, -0.2) is 26.4 Å². The third-order valence-electron chi connectivity index (χ3n) is 6.99. The number of alkyl carbamates (subject to hydrolysis) is 1. The molecule has 188 valence electrons. The number of rotatable bonds is 5. The third kappa shape index (κ3) is 4.58. The lowest BCUT2D eigenvalue weighted by Crippen LogP contribution is -2.64. The minimum atomic E-state index is -3.95. The van der Waals surface area contributed by atoms with Gasteiger partial charge < -0.3 is 15.4 Å². The summed E-state index contributed by atoms with van der Waals surface area (Å²) in [7, 11) is -2.69. The van der Waals surface area contributed by atoms with E-state index in [9.17, 15) is 31.2 Å². The first-order valence-corrected chi connectivity index (χ1v) is 12.7. The van der Waals surface area contributed by atoms with Crippen LogP contribution in [0.2, 0.25) is 5.02 Å². The third-order valence-corrected chi connectivity index (χ3v) is 9.65. The minimum absolute atomic E-state index is 0.0545.